The minimum absolute atomic E-state index is 0.251. The predicted molar refractivity (Wildman–Crippen MR) is 119 cm³/mol. The Kier molecular flexibility index (Phi) is 7.94. The Bertz CT molecular complexity index is 947. The number of hydrogen-bond donors (Lipinski definition) is 1. The average Bonchev–Trinajstić information content (AvgIpc) is 3.22. The van der Waals surface area contributed by atoms with Gasteiger partial charge in [-0.1, -0.05) is 35.9 Å². The third-order valence-electron chi connectivity index (χ3n) is 5.08. The molecule has 0 fully saturated rings. The smallest absolute Gasteiger partial charge is 0.329 e. The van der Waals surface area contributed by atoms with Crippen molar-refractivity contribution >= 4 is 41.0 Å². The van der Waals surface area contributed by atoms with E-state index in [-0.39, 0.29) is 18.0 Å². The summed E-state index contributed by atoms with van der Waals surface area (Å²) in [7, 11) is 0. The number of rotatable bonds is 9. The highest BCUT2D eigenvalue weighted by Gasteiger charge is 2.24. The molecule has 1 aliphatic carbocycles. The molecule has 0 spiro atoms. The van der Waals surface area contributed by atoms with Crippen LogP contribution >= 0.6 is 23.4 Å². The lowest BCUT2D eigenvalue weighted by molar-refractivity contribution is -0.144. The summed E-state index contributed by atoms with van der Waals surface area (Å²) in [5.74, 6) is -0.673. The van der Waals surface area contributed by atoms with E-state index in [1.807, 2.05) is 18.4 Å². The Hall–Kier alpha value is -2.31. The molecule has 30 heavy (non-hydrogen) atoms. The van der Waals surface area contributed by atoms with Crippen molar-refractivity contribution < 1.29 is 19.1 Å². The molecule has 1 atom stereocenters. The van der Waals surface area contributed by atoms with Crippen molar-refractivity contribution in [3.05, 3.63) is 69.7 Å². The summed E-state index contributed by atoms with van der Waals surface area (Å²) >= 11 is 7.63. The van der Waals surface area contributed by atoms with Crippen LogP contribution in [-0.4, -0.2) is 42.3 Å². The van der Waals surface area contributed by atoms with Crippen molar-refractivity contribution in [1.82, 2.24) is 5.32 Å². The van der Waals surface area contributed by atoms with Gasteiger partial charge in [0.05, 0.1) is 10.6 Å². The van der Waals surface area contributed by atoms with Crippen molar-refractivity contribution in [2.45, 2.75) is 31.7 Å². The molecular weight excluding hydrogens is 422 g/mol. The Morgan fingerprint density at radius 1 is 1.13 bits per heavy atom. The normalized spacial score (nSPS) is 13.4. The van der Waals surface area contributed by atoms with Crippen LogP contribution in [0.25, 0.3) is 0 Å². The summed E-state index contributed by atoms with van der Waals surface area (Å²) in [5, 5.41) is 2.99. The highest BCUT2D eigenvalue weighted by molar-refractivity contribution is 7.98. The van der Waals surface area contributed by atoms with E-state index in [0.717, 1.165) is 19.3 Å². The first-order valence-corrected chi connectivity index (χ1v) is 11.6. The number of carbonyl (C=O) groups is 3. The number of esters is 1. The van der Waals surface area contributed by atoms with Gasteiger partial charge < -0.3 is 10.1 Å². The molecule has 0 aliphatic heterocycles. The first kappa shape index (κ1) is 22.4. The molecule has 0 aromatic heterocycles. The van der Waals surface area contributed by atoms with Gasteiger partial charge >= 0.3 is 5.97 Å². The molecule has 1 amide bonds. The van der Waals surface area contributed by atoms with Gasteiger partial charge in [-0.2, -0.15) is 11.8 Å². The van der Waals surface area contributed by atoms with Gasteiger partial charge in [0, 0.05) is 5.56 Å². The van der Waals surface area contributed by atoms with E-state index in [0.29, 0.717) is 22.8 Å². The maximum absolute atomic E-state index is 12.6. The van der Waals surface area contributed by atoms with E-state index in [4.69, 9.17) is 16.3 Å². The molecule has 2 aromatic carbocycles. The Morgan fingerprint density at radius 2 is 1.90 bits per heavy atom. The number of ketones is 1. The van der Waals surface area contributed by atoms with Crippen molar-refractivity contribution in [3.63, 3.8) is 0 Å². The number of nitrogens with one attached hydrogen (secondary N) is 1. The number of aryl methyl sites for hydroxylation is 2. The zero-order chi connectivity index (χ0) is 21.5. The molecule has 1 unspecified atom stereocenters. The number of amides is 1. The molecule has 7 heteroatoms. The second kappa shape index (κ2) is 10.6. The van der Waals surface area contributed by atoms with E-state index in [9.17, 15) is 14.4 Å². The maximum Gasteiger partial charge on any atom is 0.329 e. The van der Waals surface area contributed by atoms with Crippen LogP contribution < -0.4 is 5.32 Å². The minimum Gasteiger partial charge on any atom is -0.456 e. The average molecular weight is 446 g/mol. The standard InChI is InChI=1S/C23H24ClNO4S/c1-30-12-11-20(25-22(27)18-7-2-3-8-19(18)24)23(28)29-14-21(26)17-10-9-15-5-4-6-16(15)13-17/h2-3,7-10,13,20H,4-6,11-12,14H2,1H3,(H,25,27). The van der Waals surface area contributed by atoms with E-state index < -0.39 is 17.9 Å². The molecule has 1 N–H and O–H groups in total. The monoisotopic (exact) mass is 445 g/mol. The number of benzene rings is 2. The number of hydrogen-bond acceptors (Lipinski definition) is 5. The van der Waals surface area contributed by atoms with Gasteiger partial charge in [0.25, 0.3) is 5.91 Å². The van der Waals surface area contributed by atoms with Crippen LogP contribution in [-0.2, 0) is 22.4 Å². The second-order valence-electron chi connectivity index (χ2n) is 7.16. The topological polar surface area (TPSA) is 72.5 Å². The minimum atomic E-state index is -0.853. The van der Waals surface area contributed by atoms with Crippen molar-refractivity contribution in [1.29, 1.82) is 0 Å². The number of ether oxygens (including phenoxy) is 1. The van der Waals surface area contributed by atoms with E-state index in [1.165, 1.54) is 11.1 Å². The number of fused-ring (bicyclic) bond motifs is 1. The Labute approximate surface area is 185 Å². The molecule has 0 radical (unpaired) electrons. The highest BCUT2D eigenvalue weighted by Crippen LogP contribution is 2.23. The summed E-state index contributed by atoms with van der Waals surface area (Å²) in [5.41, 5.74) is 3.31. The third-order valence-corrected chi connectivity index (χ3v) is 6.06. The van der Waals surface area contributed by atoms with Gasteiger partial charge in [-0.3, -0.25) is 9.59 Å². The Balaban J connectivity index is 1.61. The molecule has 0 heterocycles. The fourth-order valence-corrected chi connectivity index (χ4v) is 4.12. The van der Waals surface area contributed by atoms with Crippen LogP contribution in [0.15, 0.2) is 42.5 Å². The molecule has 158 valence electrons. The van der Waals surface area contributed by atoms with Crippen molar-refractivity contribution in [3.8, 4) is 0 Å². The quantitative estimate of drug-likeness (QED) is 0.464. The second-order valence-corrected chi connectivity index (χ2v) is 8.55. The third kappa shape index (κ3) is 5.64. The van der Waals surface area contributed by atoms with Crippen molar-refractivity contribution in [2.75, 3.05) is 18.6 Å². The van der Waals surface area contributed by atoms with Crippen LogP contribution in [0.2, 0.25) is 5.02 Å². The number of Topliss-reactive ketones (excluding diaryl/α,β-unsaturated/α-hetero) is 1. The van der Waals surface area contributed by atoms with Gasteiger partial charge in [-0.15, -0.1) is 0 Å². The van der Waals surface area contributed by atoms with Crippen molar-refractivity contribution in [2.24, 2.45) is 0 Å². The van der Waals surface area contributed by atoms with Crippen LogP contribution in [0.5, 0.6) is 0 Å². The molecule has 2 aromatic rings. The molecule has 0 saturated carbocycles. The number of carbonyl (C=O) groups excluding carboxylic acids is 3. The van der Waals surface area contributed by atoms with Gasteiger partial charge in [0.1, 0.15) is 6.04 Å². The lowest BCUT2D eigenvalue weighted by Crippen LogP contribution is -2.42. The summed E-state index contributed by atoms with van der Waals surface area (Å²) in [6, 6.07) is 11.4. The van der Waals surface area contributed by atoms with Gasteiger partial charge in [-0.05, 0) is 67.0 Å². The Morgan fingerprint density at radius 3 is 2.67 bits per heavy atom. The maximum atomic E-state index is 12.6. The van der Waals surface area contributed by atoms with Crippen LogP contribution in [0.3, 0.4) is 0 Å². The lowest BCUT2D eigenvalue weighted by Gasteiger charge is -2.17. The largest absolute Gasteiger partial charge is 0.456 e. The zero-order valence-electron chi connectivity index (χ0n) is 16.8. The first-order valence-electron chi connectivity index (χ1n) is 9.85. The summed E-state index contributed by atoms with van der Waals surface area (Å²) < 4.78 is 5.26. The van der Waals surface area contributed by atoms with E-state index in [2.05, 4.69) is 5.32 Å². The number of thioether (sulfide) groups is 1. The van der Waals surface area contributed by atoms with Gasteiger partial charge in [-0.25, -0.2) is 4.79 Å². The van der Waals surface area contributed by atoms with Gasteiger partial charge in [0.2, 0.25) is 0 Å². The van der Waals surface area contributed by atoms with Crippen LogP contribution in [0.4, 0.5) is 0 Å². The van der Waals surface area contributed by atoms with Crippen LogP contribution in [0, 0.1) is 0 Å². The molecule has 5 nitrogen and oxygen atoms in total. The highest BCUT2D eigenvalue weighted by atomic mass is 35.5. The summed E-state index contributed by atoms with van der Waals surface area (Å²) in [4.78, 5) is 37.6. The van der Waals surface area contributed by atoms with Gasteiger partial charge in [0.15, 0.2) is 12.4 Å². The van der Waals surface area contributed by atoms with Crippen LogP contribution in [0.1, 0.15) is 44.7 Å². The summed E-state index contributed by atoms with van der Waals surface area (Å²) in [6.45, 7) is -0.352. The lowest BCUT2D eigenvalue weighted by atomic mass is 10.0. The first-order chi connectivity index (χ1) is 14.5. The van der Waals surface area contributed by atoms with E-state index >= 15 is 0 Å². The zero-order valence-corrected chi connectivity index (χ0v) is 18.4. The predicted octanol–water partition coefficient (Wildman–Crippen LogP) is 4.11. The summed E-state index contributed by atoms with van der Waals surface area (Å²) in [6.07, 6.45) is 5.42. The SMILES string of the molecule is CSCCC(NC(=O)c1ccccc1Cl)C(=O)OCC(=O)c1ccc2c(c1)CCC2. The molecular formula is C23H24ClNO4S. The fraction of sp³-hybridized carbons (Fsp3) is 0.348. The fourth-order valence-electron chi connectivity index (χ4n) is 3.43. The molecule has 1 aliphatic rings. The molecule has 0 bridgehead atoms. The molecule has 3 rings (SSSR count). The van der Waals surface area contributed by atoms with E-state index in [1.54, 1.807) is 42.1 Å². The number of halogens is 1. The molecule has 0 saturated heterocycles.